The van der Waals surface area contributed by atoms with Gasteiger partial charge in [0, 0.05) is 31.7 Å². The van der Waals surface area contributed by atoms with Gasteiger partial charge in [-0.15, -0.1) is 0 Å². The second-order valence-corrected chi connectivity index (χ2v) is 8.92. The molecule has 7 nitrogen and oxygen atoms in total. The summed E-state index contributed by atoms with van der Waals surface area (Å²) in [4.78, 5) is 23.6. The third-order valence-electron chi connectivity index (χ3n) is 4.79. The van der Waals surface area contributed by atoms with Crippen molar-refractivity contribution >= 4 is 21.7 Å². The van der Waals surface area contributed by atoms with E-state index in [-0.39, 0.29) is 22.8 Å². The van der Waals surface area contributed by atoms with Gasteiger partial charge in [0.15, 0.2) is 9.84 Å². The van der Waals surface area contributed by atoms with Crippen molar-refractivity contribution < 1.29 is 13.2 Å². The van der Waals surface area contributed by atoms with Crippen LogP contribution in [-0.4, -0.2) is 43.6 Å². The molecule has 1 aliphatic heterocycles. The largest absolute Gasteiger partial charge is 0.349 e. The molecule has 0 radical (unpaired) electrons. The fourth-order valence-electron chi connectivity index (χ4n) is 3.25. The zero-order valence-electron chi connectivity index (χ0n) is 15.5. The van der Waals surface area contributed by atoms with Crippen molar-refractivity contribution in [3.8, 4) is 0 Å². The Morgan fingerprint density at radius 2 is 1.89 bits per heavy atom. The van der Waals surface area contributed by atoms with Crippen LogP contribution >= 0.6 is 0 Å². The minimum absolute atomic E-state index is 0.00433. The first-order chi connectivity index (χ1) is 12.8. The van der Waals surface area contributed by atoms with Gasteiger partial charge < -0.3 is 10.2 Å². The minimum atomic E-state index is -3.22. The topological polar surface area (TPSA) is 92.3 Å². The molecule has 2 aromatic rings. The van der Waals surface area contributed by atoms with Crippen LogP contribution in [0, 0.1) is 5.92 Å². The standard InChI is InChI=1S/C19H24N4O3S/c1-14(15-6-8-17(9-7-15)27(2,25)26)22-18(24)16-5-3-12-23(13-16)19-20-10-4-11-21-19/h4,6-11,14,16H,3,5,12-13H2,1-2H3,(H,22,24). The molecule has 3 rings (SSSR count). The summed E-state index contributed by atoms with van der Waals surface area (Å²) >= 11 is 0. The highest BCUT2D eigenvalue weighted by atomic mass is 32.2. The van der Waals surface area contributed by atoms with E-state index in [1.165, 1.54) is 6.26 Å². The maximum absolute atomic E-state index is 12.7. The van der Waals surface area contributed by atoms with Crippen molar-refractivity contribution in [1.82, 2.24) is 15.3 Å². The molecule has 1 aromatic carbocycles. The molecule has 2 heterocycles. The number of hydrogen-bond acceptors (Lipinski definition) is 6. The van der Waals surface area contributed by atoms with Crippen LogP contribution in [0.25, 0.3) is 0 Å². The van der Waals surface area contributed by atoms with E-state index >= 15 is 0 Å². The Hall–Kier alpha value is -2.48. The predicted molar refractivity (Wildman–Crippen MR) is 103 cm³/mol. The van der Waals surface area contributed by atoms with Gasteiger partial charge in [0.25, 0.3) is 0 Å². The lowest BCUT2D eigenvalue weighted by atomic mass is 9.96. The first-order valence-corrected chi connectivity index (χ1v) is 10.9. The number of nitrogens with one attached hydrogen (secondary N) is 1. The number of rotatable bonds is 5. The van der Waals surface area contributed by atoms with E-state index in [0.29, 0.717) is 12.5 Å². The lowest BCUT2D eigenvalue weighted by molar-refractivity contribution is -0.125. The maximum Gasteiger partial charge on any atom is 0.225 e. The lowest BCUT2D eigenvalue weighted by Gasteiger charge is -2.32. The molecule has 1 aliphatic rings. The van der Waals surface area contributed by atoms with Crippen LogP contribution in [0.1, 0.15) is 31.4 Å². The second kappa shape index (κ2) is 8.04. The third-order valence-corrected chi connectivity index (χ3v) is 5.92. The Labute approximate surface area is 159 Å². The van der Waals surface area contributed by atoms with Gasteiger partial charge in [0.1, 0.15) is 0 Å². The summed E-state index contributed by atoms with van der Waals surface area (Å²) in [5.41, 5.74) is 0.870. The highest BCUT2D eigenvalue weighted by Gasteiger charge is 2.28. The first-order valence-electron chi connectivity index (χ1n) is 8.97. The van der Waals surface area contributed by atoms with E-state index in [2.05, 4.69) is 15.3 Å². The predicted octanol–water partition coefficient (Wildman–Crippen LogP) is 1.97. The zero-order valence-corrected chi connectivity index (χ0v) is 16.3. The average Bonchev–Trinajstić information content (AvgIpc) is 2.68. The molecule has 1 aromatic heterocycles. The lowest BCUT2D eigenvalue weighted by Crippen LogP contribution is -2.44. The van der Waals surface area contributed by atoms with Crippen molar-refractivity contribution in [3.05, 3.63) is 48.3 Å². The van der Waals surface area contributed by atoms with Crippen LogP contribution < -0.4 is 10.2 Å². The molecular formula is C19H24N4O3S. The molecule has 0 aliphatic carbocycles. The number of carbonyl (C=O) groups is 1. The van der Waals surface area contributed by atoms with Gasteiger partial charge in [0.05, 0.1) is 16.9 Å². The van der Waals surface area contributed by atoms with Gasteiger partial charge in [0.2, 0.25) is 11.9 Å². The summed E-state index contributed by atoms with van der Waals surface area (Å²) in [7, 11) is -3.22. The number of nitrogens with zero attached hydrogens (tertiary/aromatic N) is 3. The summed E-state index contributed by atoms with van der Waals surface area (Å²) in [6.07, 6.45) is 6.32. The van der Waals surface area contributed by atoms with E-state index in [4.69, 9.17) is 0 Å². The summed E-state index contributed by atoms with van der Waals surface area (Å²) < 4.78 is 23.1. The molecule has 2 unspecified atom stereocenters. The number of hydrogen-bond donors (Lipinski definition) is 1. The minimum Gasteiger partial charge on any atom is -0.349 e. The number of sulfone groups is 1. The Morgan fingerprint density at radius 3 is 2.52 bits per heavy atom. The molecule has 0 spiro atoms. The molecule has 1 fully saturated rings. The quantitative estimate of drug-likeness (QED) is 0.842. The molecule has 1 saturated heterocycles. The monoisotopic (exact) mass is 388 g/mol. The van der Waals surface area contributed by atoms with Gasteiger partial charge in [-0.3, -0.25) is 4.79 Å². The van der Waals surface area contributed by atoms with Gasteiger partial charge in [-0.2, -0.15) is 0 Å². The first kappa shape index (κ1) is 19.3. The summed E-state index contributed by atoms with van der Waals surface area (Å²) in [5, 5.41) is 3.04. The molecule has 27 heavy (non-hydrogen) atoms. The molecule has 1 amide bonds. The summed E-state index contributed by atoms with van der Waals surface area (Å²) in [6, 6.07) is 8.20. The fourth-order valence-corrected chi connectivity index (χ4v) is 3.88. The second-order valence-electron chi connectivity index (χ2n) is 6.91. The van der Waals surface area contributed by atoms with Crippen molar-refractivity contribution in [1.29, 1.82) is 0 Å². The number of benzene rings is 1. The normalized spacial score (nSPS) is 18.7. The van der Waals surface area contributed by atoms with Crippen LogP contribution in [0.2, 0.25) is 0 Å². The van der Waals surface area contributed by atoms with Crippen LogP contribution in [0.3, 0.4) is 0 Å². The summed E-state index contributed by atoms with van der Waals surface area (Å²) in [6.45, 7) is 3.33. The van der Waals surface area contributed by atoms with E-state index in [9.17, 15) is 13.2 Å². The number of amides is 1. The van der Waals surface area contributed by atoms with Gasteiger partial charge in [-0.1, -0.05) is 12.1 Å². The molecule has 144 valence electrons. The van der Waals surface area contributed by atoms with Gasteiger partial charge in [-0.25, -0.2) is 18.4 Å². The molecule has 8 heteroatoms. The van der Waals surface area contributed by atoms with Crippen molar-refractivity contribution in [2.45, 2.75) is 30.7 Å². The van der Waals surface area contributed by atoms with Crippen LogP contribution in [0.15, 0.2) is 47.6 Å². The maximum atomic E-state index is 12.7. The van der Waals surface area contributed by atoms with Gasteiger partial charge in [-0.05, 0) is 43.5 Å². The number of anilines is 1. The molecule has 1 N–H and O–H groups in total. The van der Waals surface area contributed by atoms with Crippen LogP contribution in [0.5, 0.6) is 0 Å². The van der Waals surface area contributed by atoms with E-state index in [1.807, 2.05) is 11.8 Å². The molecular weight excluding hydrogens is 364 g/mol. The van der Waals surface area contributed by atoms with Crippen molar-refractivity contribution in [2.24, 2.45) is 5.92 Å². The van der Waals surface area contributed by atoms with E-state index in [1.54, 1.807) is 42.7 Å². The highest BCUT2D eigenvalue weighted by Crippen LogP contribution is 2.22. The number of aromatic nitrogens is 2. The Balaban J connectivity index is 1.62. The summed E-state index contributed by atoms with van der Waals surface area (Å²) in [5.74, 6) is 0.523. The van der Waals surface area contributed by atoms with Crippen LogP contribution in [-0.2, 0) is 14.6 Å². The van der Waals surface area contributed by atoms with Crippen molar-refractivity contribution in [2.75, 3.05) is 24.2 Å². The van der Waals surface area contributed by atoms with Crippen LogP contribution in [0.4, 0.5) is 5.95 Å². The Bertz CT molecular complexity index is 885. The highest BCUT2D eigenvalue weighted by molar-refractivity contribution is 7.90. The number of piperidine rings is 1. The molecule has 0 bridgehead atoms. The Morgan fingerprint density at radius 1 is 1.22 bits per heavy atom. The third kappa shape index (κ3) is 4.82. The average molecular weight is 388 g/mol. The van der Waals surface area contributed by atoms with Gasteiger partial charge >= 0.3 is 0 Å². The SMILES string of the molecule is CC(NC(=O)C1CCCN(c2ncccn2)C1)c1ccc(S(C)(=O)=O)cc1. The Kier molecular flexibility index (Phi) is 5.74. The molecule has 0 saturated carbocycles. The molecule has 2 atom stereocenters. The number of carbonyl (C=O) groups excluding carboxylic acids is 1. The van der Waals surface area contributed by atoms with E-state index in [0.717, 1.165) is 24.9 Å². The van der Waals surface area contributed by atoms with Crippen molar-refractivity contribution in [3.63, 3.8) is 0 Å². The smallest absolute Gasteiger partial charge is 0.225 e. The zero-order chi connectivity index (χ0) is 19.4. The fraction of sp³-hybridized carbons (Fsp3) is 0.421. The van der Waals surface area contributed by atoms with E-state index < -0.39 is 9.84 Å².